The molecule has 256 valence electrons. The van der Waals surface area contributed by atoms with Gasteiger partial charge in [-0.1, -0.05) is 48.5 Å². The molecule has 2 fully saturated rings. The fourth-order valence-electron chi connectivity index (χ4n) is 6.03. The van der Waals surface area contributed by atoms with E-state index in [1.807, 2.05) is 69.2 Å². The van der Waals surface area contributed by atoms with E-state index in [0.717, 1.165) is 0 Å². The van der Waals surface area contributed by atoms with Gasteiger partial charge in [0.2, 0.25) is 23.5 Å². The molecule has 1 aliphatic heterocycles. The number of rotatable bonds is 11. The molecule has 1 saturated heterocycles. The Morgan fingerprint density at radius 3 is 1.98 bits per heavy atom. The Kier molecular flexibility index (Phi) is 11.5. The van der Waals surface area contributed by atoms with Crippen LogP contribution < -0.4 is 21.3 Å². The van der Waals surface area contributed by atoms with Gasteiger partial charge < -0.3 is 30.9 Å². The lowest BCUT2D eigenvalue weighted by molar-refractivity contribution is -0.145. The van der Waals surface area contributed by atoms with Gasteiger partial charge in [-0.15, -0.1) is 0 Å². The van der Waals surface area contributed by atoms with Crippen molar-refractivity contribution in [1.82, 2.24) is 26.2 Å². The molecule has 4 N–H and O–H groups in total. The van der Waals surface area contributed by atoms with Crippen LogP contribution in [0.4, 0.5) is 4.79 Å². The van der Waals surface area contributed by atoms with Gasteiger partial charge in [-0.25, -0.2) is 4.79 Å². The van der Waals surface area contributed by atoms with E-state index < -0.39 is 64.3 Å². The number of carbonyl (C=O) groups excluding carboxylic acids is 6. The minimum atomic E-state index is -1.11. The lowest BCUT2D eigenvalue weighted by atomic mass is 9.85. The molecule has 12 heteroatoms. The maximum Gasteiger partial charge on any atom is 0.408 e. The molecule has 2 rings (SSSR count). The summed E-state index contributed by atoms with van der Waals surface area (Å²) in [6, 6.07) is -2.97. The molecule has 0 aromatic heterocycles. The fourth-order valence-corrected chi connectivity index (χ4v) is 6.03. The zero-order chi connectivity index (χ0) is 34.9. The summed E-state index contributed by atoms with van der Waals surface area (Å²) in [6.45, 7) is 24.4. The summed E-state index contributed by atoms with van der Waals surface area (Å²) >= 11 is 0. The lowest BCUT2D eigenvalue weighted by Crippen LogP contribution is -2.61. The standard InChI is InChI=1S/C33H57N5O7/c1-18(2)16-20(24(40)27(42)34-15-14-21(39)37-31(6,7)8)35-26(41)23-22-19(33(22,12)13)17-38(23)28(43)25(30(3,4)5)36-29(44)45-32(9,10)11/h18-20,22-23,25H,14-17H2,1-13H3,(H,34,42)(H,35,41)(H,36,44)(H,37,39)/t19?,20?,22?,23-,25+/m0/s1. The molecule has 1 aliphatic carbocycles. The molecule has 45 heavy (non-hydrogen) atoms. The van der Waals surface area contributed by atoms with Gasteiger partial charge in [-0.3, -0.25) is 24.0 Å². The van der Waals surface area contributed by atoms with Crippen LogP contribution in [0.5, 0.6) is 0 Å². The van der Waals surface area contributed by atoms with Gasteiger partial charge >= 0.3 is 6.09 Å². The van der Waals surface area contributed by atoms with Gasteiger partial charge in [0, 0.05) is 25.0 Å². The van der Waals surface area contributed by atoms with Gasteiger partial charge in [0.1, 0.15) is 17.7 Å². The maximum atomic E-state index is 14.1. The Hall–Kier alpha value is -3.18. The molecule has 12 nitrogen and oxygen atoms in total. The molecule has 0 radical (unpaired) electrons. The Labute approximate surface area is 268 Å². The van der Waals surface area contributed by atoms with Crippen molar-refractivity contribution in [2.75, 3.05) is 13.1 Å². The predicted molar refractivity (Wildman–Crippen MR) is 171 cm³/mol. The molecule has 1 saturated carbocycles. The number of alkyl carbamates (subject to hydrolysis) is 1. The SMILES string of the molecule is CC(C)CC(NC(=O)[C@@H]1C2C(CN1C(=O)[C@@H](NC(=O)OC(C)(C)C)C(C)(C)C)C2(C)C)C(=O)C(=O)NCCC(=O)NC(C)(C)C. The molecule has 0 aromatic carbocycles. The molecule has 0 bridgehead atoms. The molecule has 5 atom stereocenters. The number of hydrogen-bond acceptors (Lipinski definition) is 7. The van der Waals surface area contributed by atoms with Crippen molar-refractivity contribution in [1.29, 1.82) is 0 Å². The molecule has 1 heterocycles. The minimum absolute atomic E-state index is 0.00106. The second-order valence-electron chi connectivity index (χ2n) is 16.7. The van der Waals surface area contributed by atoms with Gasteiger partial charge in [0.15, 0.2) is 0 Å². The van der Waals surface area contributed by atoms with Crippen LogP contribution in [0.15, 0.2) is 0 Å². The van der Waals surface area contributed by atoms with E-state index in [-0.39, 0.29) is 48.5 Å². The van der Waals surface area contributed by atoms with E-state index in [0.29, 0.717) is 6.54 Å². The first-order valence-corrected chi connectivity index (χ1v) is 16.0. The van der Waals surface area contributed by atoms with Crippen molar-refractivity contribution in [3.05, 3.63) is 0 Å². The Morgan fingerprint density at radius 2 is 1.49 bits per heavy atom. The number of hydrogen-bond donors (Lipinski definition) is 4. The molecule has 3 unspecified atom stereocenters. The van der Waals surface area contributed by atoms with Crippen molar-refractivity contribution < 1.29 is 33.5 Å². The predicted octanol–water partition coefficient (Wildman–Crippen LogP) is 2.93. The van der Waals surface area contributed by atoms with E-state index in [1.165, 1.54) is 4.90 Å². The number of ether oxygens (including phenoxy) is 1. The molecular weight excluding hydrogens is 578 g/mol. The highest BCUT2D eigenvalue weighted by molar-refractivity contribution is 6.38. The highest BCUT2D eigenvalue weighted by atomic mass is 16.6. The quantitative estimate of drug-likeness (QED) is 0.254. The van der Waals surface area contributed by atoms with Crippen molar-refractivity contribution in [2.24, 2.45) is 28.6 Å². The van der Waals surface area contributed by atoms with Crippen LogP contribution in [0.25, 0.3) is 0 Å². The highest BCUT2D eigenvalue weighted by Gasteiger charge is 2.70. The van der Waals surface area contributed by atoms with Gasteiger partial charge in [-0.2, -0.15) is 0 Å². The first-order valence-electron chi connectivity index (χ1n) is 16.0. The Bertz CT molecular complexity index is 1160. The Balaban J connectivity index is 2.24. The van der Waals surface area contributed by atoms with Crippen LogP contribution >= 0.6 is 0 Å². The normalized spacial score (nSPS) is 22.1. The van der Waals surface area contributed by atoms with Crippen LogP contribution in [-0.2, 0) is 28.7 Å². The van der Waals surface area contributed by atoms with Crippen LogP contribution in [0.3, 0.4) is 0 Å². The van der Waals surface area contributed by atoms with Gasteiger partial charge in [0.25, 0.3) is 5.91 Å². The molecule has 0 aromatic rings. The number of fused-ring (bicyclic) bond motifs is 1. The minimum Gasteiger partial charge on any atom is -0.444 e. The van der Waals surface area contributed by atoms with Gasteiger partial charge in [-0.05, 0) is 76.5 Å². The average molecular weight is 636 g/mol. The van der Waals surface area contributed by atoms with E-state index in [1.54, 1.807) is 20.8 Å². The number of piperidine rings is 1. The third-order valence-electron chi connectivity index (χ3n) is 8.25. The van der Waals surface area contributed by atoms with Crippen molar-refractivity contribution in [2.45, 2.75) is 132 Å². The van der Waals surface area contributed by atoms with Crippen molar-refractivity contribution >= 4 is 35.5 Å². The Morgan fingerprint density at radius 1 is 0.911 bits per heavy atom. The number of carbonyl (C=O) groups is 6. The summed E-state index contributed by atoms with van der Waals surface area (Å²) < 4.78 is 5.42. The summed E-state index contributed by atoms with van der Waals surface area (Å²) in [4.78, 5) is 80.5. The number of Topliss-reactive ketones (excluding diaryl/α,β-unsaturated/α-hetero) is 1. The first kappa shape index (κ1) is 38.0. The third kappa shape index (κ3) is 10.4. The van der Waals surface area contributed by atoms with Crippen molar-refractivity contribution in [3.63, 3.8) is 0 Å². The number of ketones is 1. The second kappa shape index (κ2) is 13.7. The summed E-state index contributed by atoms with van der Waals surface area (Å²) in [7, 11) is 0. The van der Waals surface area contributed by atoms with Crippen LogP contribution in [-0.4, -0.2) is 82.8 Å². The second-order valence-corrected chi connectivity index (χ2v) is 16.7. The van der Waals surface area contributed by atoms with E-state index in [4.69, 9.17) is 4.74 Å². The molecular formula is C33H57N5O7. The smallest absolute Gasteiger partial charge is 0.408 e. The van der Waals surface area contributed by atoms with Crippen LogP contribution in [0, 0.1) is 28.6 Å². The third-order valence-corrected chi connectivity index (χ3v) is 8.25. The van der Waals surface area contributed by atoms with E-state index in [2.05, 4.69) is 21.3 Å². The molecule has 5 amide bonds. The largest absolute Gasteiger partial charge is 0.444 e. The fraction of sp³-hybridized carbons (Fsp3) is 0.818. The van der Waals surface area contributed by atoms with E-state index in [9.17, 15) is 28.8 Å². The summed E-state index contributed by atoms with van der Waals surface area (Å²) in [5.74, 6) is -2.98. The number of nitrogens with zero attached hydrogens (tertiary/aromatic N) is 1. The zero-order valence-corrected chi connectivity index (χ0v) is 29.6. The topological polar surface area (TPSA) is 163 Å². The summed E-state index contributed by atoms with van der Waals surface area (Å²) in [6.07, 6.45) is -0.516. The zero-order valence-electron chi connectivity index (χ0n) is 29.6. The number of likely N-dealkylation sites (tertiary alicyclic amines) is 1. The summed E-state index contributed by atoms with van der Waals surface area (Å²) in [5, 5.41) is 10.8. The summed E-state index contributed by atoms with van der Waals surface area (Å²) in [5.41, 5.74) is -2.08. The molecule has 0 spiro atoms. The van der Waals surface area contributed by atoms with E-state index >= 15 is 0 Å². The first-order chi connectivity index (χ1) is 20.3. The number of amides is 5. The van der Waals surface area contributed by atoms with Gasteiger partial charge in [0.05, 0.1) is 6.04 Å². The number of nitrogens with one attached hydrogen (secondary N) is 4. The van der Waals surface area contributed by atoms with Crippen molar-refractivity contribution in [3.8, 4) is 0 Å². The van der Waals surface area contributed by atoms with Crippen LogP contribution in [0.2, 0.25) is 0 Å². The average Bonchev–Trinajstić information content (AvgIpc) is 3.16. The highest BCUT2D eigenvalue weighted by Crippen LogP contribution is 2.65. The molecule has 2 aliphatic rings. The monoisotopic (exact) mass is 635 g/mol. The maximum absolute atomic E-state index is 14.1. The van der Waals surface area contributed by atoms with Crippen LogP contribution in [0.1, 0.15) is 103 Å². The lowest BCUT2D eigenvalue weighted by Gasteiger charge is -2.38.